The Labute approximate surface area is 114 Å². The summed E-state index contributed by atoms with van der Waals surface area (Å²) >= 11 is 0. The number of hydrogen-bond donors (Lipinski definition) is 1. The molecule has 0 radical (unpaired) electrons. The minimum Gasteiger partial charge on any atom is -0.329 e. The second kappa shape index (κ2) is 5.81. The first-order valence-corrected chi connectivity index (χ1v) is 6.50. The molecule has 0 heterocycles. The van der Waals surface area contributed by atoms with Gasteiger partial charge < -0.3 is 5.73 Å². The Hall–Kier alpha value is -1.93. The zero-order valence-electron chi connectivity index (χ0n) is 11.4. The molecule has 0 amide bonds. The summed E-state index contributed by atoms with van der Waals surface area (Å²) in [4.78, 5) is 12.6. The lowest BCUT2D eigenvalue weighted by Crippen LogP contribution is -2.22. The Balaban J connectivity index is 2.33. The van der Waals surface area contributed by atoms with Crippen LogP contribution in [0.15, 0.2) is 48.5 Å². The molecule has 1 unspecified atom stereocenters. The largest absolute Gasteiger partial charge is 0.329 e. The van der Waals surface area contributed by atoms with E-state index in [0.29, 0.717) is 6.54 Å². The van der Waals surface area contributed by atoms with E-state index >= 15 is 0 Å². The lowest BCUT2D eigenvalue weighted by molar-refractivity contribution is 0.0962. The van der Waals surface area contributed by atoms with Gasteiger partial charge in [0.1, 0.15) is 0 Å². The zero-order valence-corrected chi connectivity index (χ0v) is 11.4. The molecule has 19 heavy (non-hydrogen) atoms. The Morgan fingerprint density at radius 2 is 1.74 bits per heavy atom. The fourth-order valence-corrected chi connectivity index (χ4v) is 2.18. The maximum Gasteiger partial charge on any atom is 0.171 e. The van der Waals surface area contributed by atoms with Crippen molar-refractivity contribution >= 4 is 5.78 Å². The summed E-state index contributed by atoms with van der Waals surface area (Å²) in [5.74, 6) is -0.167. The Morgan fingerprint density at radius 3 is 2.32 bits per heavy atom. The summed E-state index contributed by atoms with van der Waals surface area (Å²) in [5, 5.41) is 0. The molecular formula is C17H19NO. The molecule has 0 saturated carbocycles. The van der Waals surface area contributed by atoms with Gasteiger partial charge in [0.2, 0.25) is 0 Å². The van der Waals surface area contributed by atoms with Gasteiger partial charge in [0.25, 0.3) is 0 Å². The van der Waals surface area contributed by atoms with Gasteiger partial charge in [-0.25, -0.2) is 0 Å². The summed E-state index contributed by atoms with van der Waals surface area (Å²) in [7, 11) is 0. The van der Waals surface area contributed by atoms with Crippen molar-refractivity contribution in [2.24, 2.45) is 5.73 Å². The van der Waals surface area contributed by atoms with Crippen LogP contribution in [0.25, 0.3) is 0 Å². The molecule has 0 aliphatic carbocycles. The third-order valence-corrected chi connectivity index (χ3v) is 3.55. The van der Waals surface area contributed by atoms with E-state index in [1.54, 1.807) is 0 Å². The summed E-state index contributed by atoms with van der Waals surface area (Å²) in [5.41, 5.74) is 9.84. The van der Waals surface area contributed by atoms with Crippen LogP contribution in [-0.4, -0.2) is 12.3 Å². The SMILES string of the molecule is Cc1ccc(C(=O)C(CN)c2ccccc2)cc1C. The molecule has 0 aliphatic heterocycles. The van der Waals surface area contributed by atoms with E-state index in [-0.39, 0.29) is 11.7 Å². The van der Waals surface area contributed by atoms with Crippen molar-refractivity contribution in [1.29, 1.82) is 0 Å². The van der Waals surface area contributed by atoms with Gasteiger partial charge in [-0.15, -0.1) is 0 Å². The molecule has 0 aliphatic rings. The van der Waals surface area contributed by atoms with Crippen LogP contribution >= 0.6 is 0 Å². The van der Waals surface area contributed by atoms with E-state index in [2.05, 4.69) is 0 Å². The monoisotopic (exact) mass is 253 g/mol. The van der Waals surface area contributed by atoms with Gasteiger partial charge in [-0.05, 0) is 36.6 Å². The number of aryl methyl sites for hydroxylation is 2. The molecule has 0 fully saturated rings. The first-order valence-electron chi connectivity index (χ1n) is 6.50. The van der Waals surface area contributed by atoms with E-state index in [0.717, 1.165) is 16.7 Å². The maximum atomic E-state index is 12.6. The van der Waals surface area contributed by atoms with Crippen LogP contribution in [0.1, 0.15) is 33.0 Å². The van der Waals surface area contributed by atoms with E-state index in [1.807, 2.05) is 62.4 Å². The van der Waals surface area contributed by atoms with Crippen LogP contribution in [0, 0.1) is 13.8 Å². The zero-order chi connectivity index (χ0) is 13.8. The van der Waals surface area contributed by atoms with Crippen molar-refractivity contribution in [2.45, 2.75) is 19.8 Å². The van der Waals surface area contributed by atoms with Crippen molar-refractivity contribution < 1.29 is 4.79 Å². The second-order valence-electron chi connectivity index (χ2n) is 4.86. The van der Waals surface area contributed by atoms with Gasteiger partial charge in [0.15, 0.2) is 5.78 Å². The van der Waals surface area contributed by atoms with Crippen LogP contribution in [0.2, 0.25) is 0 Å². The molecule has 0 aromatic heterocycles. The number of hydrogen-bond acceptors (Lipinski definition) is 2. The molecule has 98 valence electrons. The van der Waals surface area contributed by atoms with Crippen molar-refractivity contribution in [3.05, 3.63) is 70.8 Å². The summed E-state index contributed by atoms with van der Waals surface area (Å²) in [6.07, 6.45) is 0. The van der Waals surface area contributed by atoms with Gasteiger partial charge in [0.05, 0.1) is 5.92 Å². The highest BCUT2D eigenvalue weighted by Gasteiger charge is 2.20. The fourth-order valence-electron chi connectivity index (χ4n) is 2.18. The van der Waals surface area contributed by atoms with E-state index in [4.69, 9.17) is 5.73 Å². The van der Waals surface area contributed by atoms with Gasteiger partial charge in [-0.1, -0.05) is 42.5 Å². The smallest absolute Gasteiger partial charge is 0.171 e. The summed E-state index contributed by atoms with van der Waals surface area (Å²) in [6.45, 7) is 4.39. The van der Waals surface area contributed by atoms with Crippen LogP contribution in [0.3, 0.4) is 0 Å². The van der Waals surface area contributed by atoms with Gasteiger partial charge in [-0.2, -0.15) is 0 Å². The minimum atomic E-state index is -0.261. The molecule has 0 saturated heterocycles. The number of benzene rings is 2. The summed E-state index contributed by atoms with van der Waals surface area (Å²) < 4.78 is 0. The van der Waals surface area contributed by atoms with Gasteiger partial charge >= 0.3 is 0 Å². The lowest BCUT2D eigenvalue weighted by atomic mass is 9.89. The Bertz CT molecular complexity index is 575. The predicted molar refractivity (Wildman–Crippen MR) is 78.5 cm³/mol. The van der Waals surface area contributed by atoms with E-state index in [1.165, 1.54) is 5.56 Å². The lowest BCUT2D eigenvalue weighted by Gasteiger charge is -2.15. The molecule has 2 aromatic rings. The molecule has 1 atom stereocenters. The van der Waals surface area contributed by atoms with Crippen LogP contribution in [-0.2, 0) is 0 Å². The molecule has 0 bridgehead atoms. The number of rotatable bonds is 4. The van der Waals surface area contributed by atoms with Crippen LogP contribution in [0.4, 0.5) is 0 Å². The van der Waals surface area contributed by atoms with Gasteiger partial charge in [-0.3, -0.25) is 4.79 Å². The third kappa shape index (κ3) is 2.91. The average Bonchev–Trinajstić information content (AvgIpc) is 2.44. The first-order chi connectivity index (χ1) is 9.13. The highest BCUT2D eigenvalue weighted by atomic mass is 16.1. The number of Topliss-reactive ketones (excluding diaryl/α,β-unsaturated/α-hetero) is 1. The van der Waals surface area contributed by atoms with Crippen molar-refractivity contribution in [2.75, 3.05) is 6.54 Å². The quantitative estimate of drug-likeness (QED) is 0.850. The summed E-state index contributed by atoms with van der Waals surface area (Å²) in [6, 6.07) is 15.5. The topological polar surface area (TPSA) is 43.1 Å². The fraction of sp³-hybridized carbons (Fsp3) is 0.235. The van der Waals surface area contributed by atoms with Crippen molar-refractivity contribution in [3.63, 3.8) is 0 Å². The molecular weight excluding hydrogens is 234 g/mol. The molecule has 2 N–H and O–H groups in total. The highest BCUT2D eigenvalue weighted by Crippen LogP contribution is 2.21. The first kappa shape index (κ1) is 13.5. The minimum absolute atomic E-state index is 0.0943. The number of nitrogens with two attached hydrogens (primary N) is 1. The van der Waals surface area contributed by atoms with Crippen molar-refractivity contribution in [1.82, 2.24) is 0 Å². The van der Waals surface area contributed by atoms with Crippen LogP contribution in [0.5, 0.6) is 0 Å². The highest BCUT2D eigenvalue weighted by molar-refractivity contribution is 6.01. The molecule has 2 nitrogen and oxygen atoms in total. The third-order valence-electron chi connectivity index (χ3n) is 3.55. The van der Waals surface area contributed by atoms with E-state index < -0.39 is 0 Å². The number of carbonyl (C=O) groups excluding carboxylic acids is 1. The average molecular weight is 253 g/mol. The second-order valence-corrected chi connectivity index (χ2v) is 4.86. The van der Waals surface area contributed by atoms with Crippen molar-refractivity contribution in [3.8, 4) is 0 Å². The number of ketones is 1. The van der Waals surface area contributed by atoms with Crippen LogP contribution < -0.4 is 5.73 Å². The molecule has 2 rings (SSSR count). The van der Waals surface area contributed by atoms with Gasteiger partial charge in [0, 0.05) is 12.1 Å². The normalized spacial score (nSPS) is 12.2. The predicted octanol–water partition coefficient (Wildman–Crippen LogP) is 3.23. The standard InChI is InChI=1S/C17H19NO/c1-12-8-9-15(10-13(12)2)17(19)16(11-18)14-6-4-3-5-7-14/h3-10,16H,11,18H2,1-2H3. The molecule has 0 spiro atoms. The van der Waals surface area contributed by atoms with E-state index in [9.17, 15) is 4.79 Å². The Kier molecular flexibility index (Phi) is 4.13. The molecule has 2 aromatic carbocycles. The maximum absolute atomic E-state index is 12.6. The Morgan fingerprint density at radius 1 is 1.05 bits per heavy atom. The number of carbonyl (C=O) groups is 1. The molecule has 2 heteroatoms.